The number of carbonyl (C=O) groups is 1. The van der Waals surface area contributed by atoms with Crippen molar-refractivity contribution in [3.8, 4) is 11.4 Å². The van der Waals surface area contributed by atoms with Gasteiger partial charge in [0.15, 0.2) is 0 Å². The van der Waals surface area contributed by atoms with Crippen LogP contribution in [0.4, 0.5) is 5.69 Å². The minimum absolute atomic E-state index is 0.0539. The van der Waals surface area contributed by atoms with Crippen LogP contribution >= 0.6 is 27.5 Å². The predicted molar refractivity (Wildman–Crippen MR) is 95.8 cm³/mol. The molecular weight excluding hydrogens is 394 g/mol. The van der Waals surface area contributed by atoms with Crippen molar-refractivity contribution >= 4 is 39.1 Å². The van der Waals surface area contributed by atoms with Crippen molar-refractivity contribution in [2.45, 2.75) is 13.5 Å². The third kappa shape index (κ3) is 3.80. The van der Waals surface area contributed by atoms with Crippen LogP contribution in [0, 0.1) is 6.92 Å². The smallest absolute Gasteiger partial charge is 0.248 e. The van der Waals surface area contributed by atoms with Crippen molar-refractivity contribution in [1.82, 2.24) is 20.2 Å². The molecule has 2 aromatic carbocycles. The minimum Gasteiger partial charge on any atom is -0.323 e. The summed E-state index contributed by atoms with van der Waals surface area (Å²) in [5.41, 5.74) is 2.39. The molecule has 0 saturated carbocycles. The van der Waals surface area contributed by atoms with Gasteiger partial charge < -0.3 is 5.32 Å². The molecule has 0 unspecified atom stereocenters. The Morgan fingerprint density at radius 2 is 2.08 bits per heavy atom. The van der Waals surface area contributed by atoms with E-state index >= 15 is 0 Å². The van der Waals surface area contributed by atoms with Crippen molar-refractivity contribution in [2.24, 2.45) is 0 Å². The molecule has 1 heterocycles. The summed E-state index contributed by atoms with van der Waals surface area (Å²) in [6.45, 7) is 1.88. The van der Waals surface area contributed by atoms with Crippen molar-refractivity contribution in [3.05, 3.63) is 57.5 Å². The number of carbonyl (C=O) groups excluding carboxylic acids is 1. The maximum atomic E-state index is 12.1. The Bertz CT molecular complexity index is 896. The zero-order chi connectivity index (χ0) is 17.1. The van der Waals surface area contributed by atoms with Gasteiger partial charge in [-0.3, -0.25) is 4.79 Å². The second-order valence-electron chi connectivity index (χ2n) is 5.15. The van der Waals surface area contributed by atoms with Crippen molar-refractivity contribution in [2.75, 3.05) is 5.32 Å². The number of amides is 1. The average molecular weight is 407 g/mol. The highest BCUT2D eigenvalue weighted by Crippen LogP contribution is 2.24. The molecule has 0 atom stereocenters. The second kappa shape index (κ2) is 7.11. The number of nitrogens with zero attached hydrogens (tertiary/aromatic N) is 4. The number of hydrogen-bond acceptors (Lipinski definition) is 4. The van der Waals surface area contributed by atoms with Gasteiger partial charge in [-0.05, 0) is 42.0 Å². The van der Waals surface area contributed by atoms with Crippen LogP contribution in [0.3, 0.4) is 0 Å². The molecule has 0 saturated heterocycles. The van der Waals surface area contributed by atoms with E-state index in [0.717, 1.165) is 15.6 Å². The summed E-state index contributed by atoms with van der Waals surface area (Å²) in [5, 5.41) is 15.4. The maximum absolute atomic E-state index is 12.1. The van der Waals surface area contributed by atoms with E-state index in [1.54, 1.807) is 12.1 Å². The zero-order valence-corrected chi connectivity index (χ0v) is 15.0. The number of hydrogen-bond donors (Lipinski definition) is 1. The van der Waals surface area contributed by atoms with E-state index in [9.17, 15) is 4.79 Å². The Balaban J connectivity index is 1.70. The van der Waals surface area contributed by atoms with Gasteiger partial charge in [-0.15, -0.1) is 10.2 Å². The number of rotatable bonds is 4. The fourth-order valence-corrected chi connectivity index (χ4v) is 2.84. The third-order valence-electron chi connectivity index (χ3n) is 3.25. The largest absolute Gasteiger partial charge is 0.323 e. The van der Waals surface area contributed by atoms with Crippen LogP contribution in [-0.4, -0.2) is 26.1 Å². The van der Waals surface area contributed by atoms with Crippen LogP contribution in [0.15, 0.2) is 46.9 Å². The second-order valence-corrected chi connectivity index (χ2v) is 6.42. The van der Waals surface area contributed by atoms with Gasteiger partial charge in [0.2, 0.25) is 11.7 Å². The Morgan fingerprint density at radius 3 is 2.83 bits per heavy atom. The molecule has 1 amide bonds. The molecule has 1 aromatic heterocycles. The minimum atomic E-state index is -0.281. The van der Waals surface area contributed by atoms with E-state index in [0.29, 0.717) is 16.5 Å². The molecule has 24 heavy (non-hydrogen) atoms. The number of tetrazole rings is 1. The van der Waals surface area contributed by atoms with E-state index in [2.05, 4.69) is 36.7 Å². The molecule has 1 N–H and O–H groups in total. The third-order valence-corrected chi connectivity index (χ3v) is 4.26. The standard InChI is InChI=1S/C16H13BrClN5O/c1-10-6-7-14(13(18)8-10)19-15(24)9-23-21-16(20-22-23)11-4-2-3-5-12(11)17/h2-8H,9H2,1H3,(H,19,24). The molecule has 8 heteroatoms. The summed E-state index contributed by atoms with van der Waals surface area (Å²) in [7, 11) is 0. The van der Waals surface area contributed by atoms with Crippen LogP contribution < -0.4 is 5.32 Å². The van der Waals surface area contributed by atoms with Gasteiger partial charge in [0.1, 0.15) is 6.54 Å². The van der Waals surface area contributed by atoms with E-state index in [4.69, 9.17) is 11.6 Å². The molecule has 3 rings (SSSR count). The van der Waals surface area contributed by atoms with Gasteiger partial charge in [-0.2, -0.15) is 4.80 Å². The normalized spacial score (nSPS) is 10.6. The summed E-state index contributed by atoms with van der Waals surface area (Å²) in [6.07, 6.45) is 0. The zero-order valence-electron chi connectivity index (χ0n) is 12.7. The van der Waals surface area contributed by atoms with E-state index in [-0.39, 0.29) is 12.5 Å². The van der Waals surface area contributed by atoms with Crippen molar-refractivity contribution < 1.29 is 4.79 Å². The molecule has 3 aromatic rings. The molecule has 122 valence electrons. The summed E-state index contributed by atoms with van der Waals surface area (Å²) < 4.78 is 0.862. The van der Waals surface area contributed by atoms with E-state index < -0.39 is 0 Å². The number of anilines is 1. The fourth-order valence-electron chi connectivity index (χ4n) is 2.10. The number of halogens is 2. The lowest BCUT2D eigenvalue weighted by molar-refractivity contribution is -0.117. The molecule has 0 aliphatic rings. The lowest BCUT2D eigenvalue weighted by Gasteiger charge is -2.07. The highest BCUT2D eigenvalue weighted by molar-refractivity contribution is 9.10. The quantitative estimate of drug-likeness (QED) is 0.717. The van der Waals surface area contributed by atoms with Crippen molar-refractivity contribution in [3.63, 3.8) is 0 Å². The lowest BCUT2D eigenvalue weighted by atomic mass is 10.2. The number of aryl methyl sites for hydroxylation is 1. The molecule has 0 aliphatic heterocycles. The number of aromatic nitrogens is 4. The van der Waals surface area contributed by atoms with Crippen LogP contribution in [0.1, 0.15) is 5.56 Å². The SMILES string of the molecule is Cc1ccc(NC(=O)Cn2nnc(-c3ccccc3Br)n2)c(Cl)c1. The predicted octanol–water partition coefficient (Wildman–Crippen LogP) is 3.70. The van der Waals surface area contributed by atoms with Gasteiger partial charge >= 0.3 is 0 Å². The first kappa shape index (κ1) is 16.6. The Kier molecular flexibility index (Phi) is 4.92. The molecule has 0 radical (unpaired) electrons. The monoisotopic (exact) mass is 405 g/mol. The molecule has 6 nitrogen and oxygen atoms in total. The lowest BCUT2D eigenvalue weighted by Crippen LogP contribution is -2.20. The van der Waals surface area contributed by atoms with Gasteiger partial charge in [0.25, 0.3) is 0 Å². The van der Waals surface area contributed by atoms with Gasteiger partial charge in [0, 0.05) is 10.0 Å². The van der Waals surface area contributed by atoms with Crippen LogP contribution in [0.5, 0.6) is 0 Å². The molecule has 0 aliphatic carbocycles. The van der Waals surface area contributed by atoms with Crippen molar-refractivity contribution in [1.29, 1.82) is 0 Å². The summed E-state index contributed by atoms with van der Waals surface area (Å²) >= 11 is 9.55. The summed E-state index contributed by atoms with van der Waals surface area (Å²) in [5.74, 6) is 0.167. The molecule has 0 fully saturated rings. The highest BCUT2D eigenvalue weighted by atomic mass is 79.9. The van der Waals surface area contributed by atoms with Gasteiger partial charge in [-0.1, -0.05) is 45.7 Å². The Morgan fingerprint density at radius 1 is 1.29 bits per heavy atom. The maximum Gasteiger partial charge on any atom is 0.248 e. The highest BCUT2D eigenvalue weighted by Gasteiger charge is 2.12. The first-order valence-electron chi connectivity index (χ1n) is 7.11. The molecule has 0 spiro atoms. The summed E-state index contributed by atoms with van der Waals surface area (Å²) in [6, 6.07) is 13.0. The first-order valence-corrected chi connectivity index (χ1v) is 8.29. The summed E-state index contributed by atoms with van der Waals surface area (Å²) in [4.78, 5) is 13.4. The van der Waals surface area contributed by atoms with Crippen LogP contribution in [0.2, 0.25) is 5.02 Å². The van der Waals surface area contributed by atoms with Gasteiger partial charge in [-0.25, -0.2) is 0 Å². The number of nitrogens with one attached hydrogen (secondary N) is 1. The van der Waals surface area contributed by atoms with Crippen LogP contribution in [0.25, 0.3) is 11.4 Å². The van der Waals surface area contributed by atoms with Crippen LogP contribution in [-0.2, 0) is 11.3 Å². The molecule has 0 bridgehead atoms. The van der Waals surface area contributed by atoms with Gasteiger partial charge in [0.05, 0.1) is 10.7 Å². The first-order chi connectivity index (χ1) is 11.5. The Hall–Kier alpha value is -2.25. The molecular formula is C16H13BrClN5O. The number of benzene rings is 2. The topological polar surface area (TPSA) is 72.7 Å². The fraction of sp³-hybridized carbons (Fsp3) is 0.125. The Labute approximate surface area is 152 Å². The van der Waals surface area contributed by atoms with E-state index in [1.807, 2.05) is 37.3 Å². The van der Waals surface area contributed by atoms with E-state index in [1.165, 1.54) is 4.80 Å². The average Bonchev–Trinajstić information content (AvgIpc) is 2.99.